The van der Waals surface area contributed by atoms with Gasteiger partial charge in [-0.05, 0) is 44.4 Å². The minimum absolute atomic E-state index is 0.187. The summed E-state index contributed by atoms with van der Waals surface area (Å²) in [4.78, 5) is 12.1. The largest absolute Gasteiger partial charge is 0.508 e. The number of rotatable bonds is 1. The zero-order valence-electron chi connectivity index (χ0n) is 11.3. The summed E-state index contributed by atoms with van der Waals surface area (Å²) in [5, 5.41) is 12.5. The van der Waals surface area contributed by atoms with E-state index in [2.05, 4.69) is 5.32 Å². The van der Waals surface area contributed by atoms with Crippen molar-refractivity contribution in [3.63, 3.8) is 0 Å². The molecule has 1 aromatic rings. The lowest BCUT2D eigenvalue weighted by Crippen LogP contribution is -2.39. The third kappa shape index (κ3) is 3.04. The molecule has 0 radical (unpaired) electrons. The normalized spacial score (nSPS) is 18.8. The first-order valence-corrected chi connectivity index (χ1v) is 6.25. The molecule has 19 heavy (non-hydrogen) atoms. The average Bonchev–Trinajstić information content (AvgIpc) is 2.25. The highest BCUT2D eigenvalue weighted by atomic mass is 19.1. The Morgan fingerprint density at radius 2 is 2.16 bits per heavy atom. The number of carbonyl (C=O) groups excluding carboxylic acids is 1. The molecule has 1 aliphatic rings. The number of benzene rings is 1. The van der Waals surface area contributed by atoms with Gasteiger partial charge in [0, 0.05) is 12.6 Å². The first kappa shape index (κ1) is 13.8. The highest BCUT2D eigenvalue weighted by molar-refractivity contribution is 5.79. The zero-order chi connectivity index (χ0) is 14.2. The van der Waals surface area contributed by atoms with Gasteiger partial charge in [-0.3, -0.25) is 0 Å². The van der Waals surface area contributed by atoms with Crippen molar-refractivity contribution in [1.29, 1.82) is 0 Å². The Kier molecular flexibility index (Phi) is 3.49. The van der Waals surface area contributed by atoms with Crippen molar-refractivity contribution in [2.45, 2.75) is 38.8 Å². The molecule has 1 aliphatic heterocycles. The number of ether oxygens (including phenoxy) is 1. The van der Waals surface area contributed by atoms with Gasteiger partial charge in [0.1, 0.15) is 23.2 Å². The number of carbonyl (C=O) groups is 1. The van der Waals surface area contributed by atoms with Crippen molar-refractivity contribution >= 4 is 5.97 Å². The lowest BCUT2D eigenvalue weighted by atomic mass is 9.93. The number of hydrogen-bond acceptors (Lipinski definition) is 4. The van der Waals surface area contributed by atoms with Gasteiger partial charge in [0.15, 0.2) is 0 Å². The van der Waals surface area contributed by atoms with Crippen LogP contribution in [0.3, 0.4) is 0 Å². The zero-order valence-corrected chi connectivity index (χ0v) is 11.3. The Labute approximate surface area is 111 Å². The van der Waals surface area contributed by atoms with Gasteiger partial charge in [-0.2, -0.15) is 0 Å². The van der Waals surface area contributed by atoms with Crippen molar-refractivity contribution in [2.75, 3.05) is 6.54 Å². The van der Waals surface area contributed by atoms with E-state index in [4.69, 9.17) is 4.74 Å². The highest BCUT2D eigenvalue weighted by Gasteiger charge is 2.32. The van der Waals surface area contributed by atoms with Crippen LogP contribution >= 0.6 is 0 Å². The number of phenols is 1. The van der Waals surface area contributed by atoms with Crippen LogP contribution in [0.4, 0.5) is 4.39 Å². The van der Waals surface area contributed by atoms with Gasteiger partial charge in [-0.25, -0.2) is 9.18 Å². The van der Waals surface area contributed by atoms with E-state index in [1.807, 2.05) is 0 Å². The maximum Gasteiger partial charge on any atom is 0.328 e. The minimum Gasteiger partial charge on any atom is -0.508 e. The maximum absolute atomic E-state index is 13.8. The van der Waals surface area contributed by atoms with E-state index >= 15 is 0 Å². The van der Waals surface area contributed by atoms with Crippen LogP contribution in [0.25, 0.3) is 0 Å². The van der Waals surface area contributed by atoms with Crippen molar-refractivity contribution in [3.05, 3.63) is 29.1 Å². The molecule has 2 N–H and O–H groups in total. The molecule has 1 aromatic carbocycles. The Hall–Kier alpha value is -1.62. The Morgan fingerprint density at radius 3 is 2.79 bits per heavy atom. The molecule has 0 aromatic heterocycles. The first-order chi connectivity index (χ1) is 8.78. The van der Waals surface area contributed by atoms with E-state index in [-0.39, 0.29) is 5.75 Å². The summed E-state index contributed by atoms with van der Waals surface area (Å²) < 4.78 is 19.1. The van der Waals surface area contributed by atoms with Gasteiger partial charge < -0.3 is 15.2 Å². The summed E-state index contributed by atoms with van der Waals surface area (Å²) in [5.74, 6) is -1.13. The molecule has 0 bridgehead atoms. The summed E-state index contributed by atoms with van der Waals surface area (Å²) in [6.07, 6.45) is 0.487. The topological polar surface area (TPSA) is 58.6 Å². The molecule has 1 unspecified atom stereocenters. The standard InChI is InChI=1S/C14H18FNO3/c1-14(2,3)19-13(18)12-10-6-8(17)7-11(15)9(10)4-5-16-12/h6-7,12,16-17H,4-5H2,1-3H3. The number of aromatic hydroxyl groups is 1. The summed E-state index contributed by atoms with van der Waals surface area (Å²) in [7, 11) is 0. The monoisotopic (exact) mass is 267 g/mol. The summed E-state index contributed by atoms with van der Waals surface area (Å²) in [6, 6.07) is 1.75. The number of fused-ring (bicyclic) bond motifs is 1. The van der Waals surface area contributed by atoms with Crippen molar-refractivity contribution < 1.29 is 19.0 Å². The third-order valence-electron chi connectivity index (χ3n) is 2.89. The van der Waals surface area contributed by atoms with E-state index < -0.39 is 23.4 Å². The lowest BCUT2D eigenvalue weighted by molar-refractivity contribution is -0.157. The van der Waals surface area contributed by atoms with Crippen LogP contribution in [0.5, 0.6) is 5.75 Å². The second kappa shape index (κ2) is 4.81. The molecule has 0 saturated carbocycles. The first-order valence-electron chi connectivity index (χ1n) is 6.25. The minimum atomic E-state index is -0.732. The van der Waals surface area contributed by atoms with Crippen LogP contribution < -0.4 is 5.32 Å². The second-order valence-corrected chi connectivity index (χ2v) is 5.67. The van der Waals surface area contributed by atoms with Gasteiger partial charge in [-0.15, -0.1) is 0 Å². The molecule has 104 valence electrons. The highest BCUT2D eigenvalue weighted by Crippen LogP contribution is 2.30. The lowest BCUT2D eigenvalue weighted by Gasteiger charge is -2.29. The molecule has 2 rings (SSSR count). The van der Waals surface area contributed by atoms with Crippen LogP contribution in [-0.4, -0.2) is 23.2 Å². The molecule has 0 spiro atoms. The molecular formula is C14H18FNO3. The quantitative estimate of drug-likeness (QED) is 0.765. The molecule has 0 amide bonds. The van der Waals surface area contributed by atoms with Gasteiger partial charge in [0.25, 0.3) is 0 Å². The van der Waals surface area contributed by atoms with E-state index in [1.165, 1.54) is 6.07 Å². The van der Waals surface area contributed by atoms with Crippen molar-refractivity contribution in [2.24, 2.45) is 0 Å². The smallest absolute Gasteiger partial charge is 0.328 e. The van der Waals surface area contributed by atoms with Crippen LogP contribution in [-0.2, 0) is 16.0 Å². The van der Waals surface area contributed by atoms with Gasteiger partial charge in [-0.1, -0.05) is 0 Å². The predicted molar refractivity (Wildman–Crippen MR) is 68.4 cm³/mol. The number of halogens is 1. The van der Waals surface area contributed by atoms with Crippen molar-refractivity contribution in [1.82, 2.24) is 5.32 Å². The molecule has 1 heterocycles. The van der Waals surface area contributed by atoms with Gasteiger partial charge in [0.2, 0.25) is 0 Å². The summed E-state index contributed by atoms with van der Waals surface area (Å²) in [5.41, 5.74) is 0.316. The van der Waals surface area contributed by atoms with Gasteiger partial charge in [0.05, 0.1) is 0 Å². The van der Waals surface area contributed by atoms with Crippen LogP contribution in [0.15, 0.2) is 12.1 Å². The molecule has 0 fully saturated rings. The average molecular weight is 267 g/mol. The number of esters is 1. The number of hydrogen-bond donors (Lipinski definition) is 2. The fourth-order valence-electron chi connectivity index (χ4n) is 2.19. The van der Waals surface area contributed by atoms with E-state index in [9.17, 15) is 14.3 Å². The number of nitrogens with one attached hydrogen (secondary N) is 1. The van der Waals surface area contributed by atoms with E-state index in [0.29, 0.717) is 24.1 Å². The van der Waals surface area contributed by atoms with Crippen LogP contribution in [0.2, 0.25) is 0 Å². The molecule has 0 saturated heterocycles. The van der Waals surface area contributed by atoms with Crippen molar-refractivity contribution in [3.8, 4) is 5.75 Å². The molecule has 1 atom stereocenters. The number of phenolic OH excluding ortho intramolecular Hbond substituents is 1. The molecule has 0 aliphatic carbocycles. The molecule has 5 heteroatoms. The SMILES string of the molecule is CC(C)(C)OC(=O)C1NCCc2c(F)cc(O)cc21. The fraction of sp³-hybridized carbons (Fsp3) is 0.500. The summed E-state index contributed by atoms with van der Waals surface area (Å²) in [6.45, 7) is 5.83. The molecule has 4 nitrogen and oxygen atoms in total. The third-order valence-corrected chi connectivity index (χ3v) is 2.89. The Morgan fingerprint density at radius 1 is 1.47 bits per heavy atom. The summed E-state index contributed by atoms with van der Waals surface area (Å²) >= 11 is 0. The Bertz CT molecular complexity index is 508. The second-order valence-electron chi connectivity index (χ2n) is 5.67. The van der Waals surface area contributed by atoms with Crippen LogP contribution in [0, 0.1) is 5.82 Å². The maximum atomic E-state index is 13.8. The van der Waals surface area contributed by atoms with E-state index in [1.54, 1.807) is 20.8 Å². The Balaban J connectivity index is 2.34. The van der Waals surface area contributed by atoms with E-state index in [0.717, 1.165) is 6.07 Å². The molecular weight excluding hydrogens is 249 g/mol. The van der Waals surface area contributed by atoms with Crippen LogP contribution in [0.1, 0.15) is 37.9 Å². The van der Waals surface area contributed by atoms with Gasteiger partial charge >= 0.3 is 5.97 Å². The predicted octanol–water partition coefficient (Wildman–Crippen LogP) is 2.06. The fourth-order valence-corrected chi connectivity index (χ4v) is 2.19.